The first-order chi connectivity index (χ1) is 13.2. The molecule has 1 saturated heterocycles. The molecule has 2 aromatic carbocycles. The van der Waals surface area contributed by atoms with Gasteiger partial charge in [0.05, 0.1) is 11.4 Å². The lowest BCUT2D eigenvalue weighted by Crippen LogP contribution is -2.31. The van der Waals surface area contributed by atoms with Gasteiger partial charge in [-0.25, -0.2) is 9.07 Å². The summed E-state index contributed by atoms with van der Waals surface area (Å²) in [5, 5.41) is 7.20. The van der Waals surface area contributed by atoms with E-state index in [9.17, 15) is 9.18 Å². The van der Waals surface area contributed by atoms with Crippen LogP contribution in [-0.4, -0.2) is 35.3 Å². The van der Waals surface area contributed by atoms with Gasteiger partial charge in [0, 0.05) is 37.6 Å². The summed E-state index contributed by atoms with van der Waals surface area (Å²) in [6.07, 6.45) is 4.48. The fourth-order valence-electron chi connectivity index (χ4n) is 3.48. The number of anilines is 1. The highest BCUT2D eigenvalue weighted by Gasteiger charge is 2.24. The second kappa shape index (κ2) is 7.61. The van der Waals surface area contributed by atoms with E-state index in [1.165, 1.54) is 6.07 Å². The lowest BCUT2D eigenvalue weighted by atomic mass is 10.1. The first-order valence-corrected chi connectivity index (χ1v) is 9.08. The summed E-state index contributed by atoms with van der Waals surface area (Å²) < 4.78 is 15.7. The molecule has 0 unspecified atom stereocenters. The molecule has 5 nitrogen and oxygen atoms in total. The molecule has 1 fully saturated rings. The van der Waals surface area contributed by atoms with Crippen LogP contribution in [-0.2, 0) is 0 Å². The second-order valence-electron chi connectivity index (χ2n) is 6.76. The zero-order chi connectivity index (χ0) is 18.6. The van der Waals surface area contributed by atoms with Gasteiger partial charge < -0.3 is 10.2 Å². The molecule has 1 amide bonds. The smallest absolute Gasteiger partial charge is 0.251 e. The van der Waals surface area contributed by atoms with Crippen molar-refractivity contribution < 1.29 is 9.18 Å². The normalized spacial score (nSPS) is 16.5. The Hall–Kier alpha value is -3.15. The van der Waals surface area contributed by atoms with E-state index in [1.54, 1.807) is 29.1 Å². The number of carbonyl (C=O) groups excluding carboxylic acids is 1. The lowest BCUT2D eigenvalue weighted by Gasteiger charge is -2.19. The quantitative estimate of drug-likeness (QED) is 0.756. The summed E-state index contributed by atoms with van der Waals surface area (Å²) in [5.41, 5.74) is 2.09. The number of carbonyl (C=O) groups is 1. The van der Waals surface area contributed by atoms with Crippen LogP contribution >= 0.6 is 0 Å². The maximum atomic E-state index is 13.9. The average Bonchev–Trinajstić information content (AvgIpc) is 3.39. The molecular formula is C21H21FN4O. The number of para-hydroxylation sites is 1. The highest BCUT2D eigenvalue weighted by Crippen LogP contribution is 2.25. The maximum absolute atomic E-state index is 13.9. The van der Waals surface area contributed by atoms with E-state index in [0.29, 0.717) is 23.7 Å². The van der Waals surface area contributed by atoms with Crippen LogP contribution in [0, 0.1) is 11.7 Å². The molecule has 4 rings (SSSR count). The van der Waals surface area contributed by atoms with Gasteiger partial charge in [-0.3, -0.25) is 4.79 Å². The largest absolute Gasteiger partial charge is 0.369 e. The Morgan fingerprint density at radius 2 is 2.07 bits per heavy atom. The van der Waals surface area contributed by atoms with E-state index in [2.05, 4.69) is 10.4 Å². The van der Waals surface area contributed by atoms with Gasteiger partial charge in [-0.1, -0.05) is 18.2 Å². The number of nitrogens with one attached hydrogen (secondary N) is 1. The lowest BCUT2D eigenvalue weighted by molar-refractivity contribution is 0.0948. The van der Waals surface area contributed by atoms with Crippen LogP contribution in [0.3, 0.4) is 0 Å². The van der Waals surface area contributed by atoms with Gasteiger partial charge in [-0.15, -0.1) is 0 Å². The fourth-order valence-corrected chi connectivity index (χ4v) is 3.48. The first kappa shape index (κ1) is 17.3. The van der Waals surface area contributed by atoms with Crippen molar-refractivity contribution in [2.75, 3.05) is 24.5 Å². The molecule has 2 heterocycles. The van der Waals surface area contributed by atoms with Crippen LogP contribution in [0.2, 0.25) is 0 Å². The minimum Gasteiger partial charge on any atom is -0.369 e. The van der Waals surface area contributed by atoms with Crippen LogP contribution in [0.5, 0.6) is 0 Å². The third kappa shape index (κ3) is 3.84. The molecule has 3 aromatic rings. The Morgan fingerprint density at radius 1 is 1.19 bits per heavy atom. The third-order valence-electron chi connectivity index (χ3n) is 4.91. The molecule has 1 aliphatic heterocycles. The Bertz CT molecular complexity index is 925. The second-order valence-corrected chi connectivity index (χ2v) is 6.76. The SMILES string of the molecule is O=C(NC[C@@H]1CCN(c2ccccc2F)C1)c1cccc(-n2cccn2)c1. The third-order valence-corrected chi connectivity index (χ3v) is 4.91. The van der Waals surface area contributed by atoms with E-state index in [4.69, 9.17) is 0 Å². The predicted molar refractivity (Wildman–Crippen MR) is 103 cm³/mol. The molecule has 138 valence electrons. The minimum atomic E-state index is -0.197. The maximum Gasteiger partial charge on any atom is 0.251 e. The predicted octanol–water partition coefficient (Wildman–Crippen LogP) is 3.27. The zero-order valence-electron chi connectivity index (χ0n) is 14.9. The standard InChI is InChI=1S/C21H21FN4O/c22-19-7-1-2-8-20(19)25-12-9-16(15-25)14-23-21(27)17-5-3-6-18(13-17)26-11-4-10-24-26/h1-8,10-11,13,16H,9,12,14-15H2,(H,23,27)/t16-/m0/s1. The summed E-state index contributed by atoms with van der Waals surface area (Å²) in [4.78, 5) is 14.6. The van der Waals surface area contributed by atoms with Crippen molar-refractivity contribution in [3.8, 4) is 5.69 Å². The molecule has 0 aliphatic carbocycles. The molecule has 1 atom stereocenters. The summed E-state index contributed by atoms with van der Waals surface area (Å²) in [5.74, 6) is 0.00817. The van der Waals surface area contributed by atoms with Crippen molar-refractivity contribution in [3.05, 3.63) is 78.4 Å². The highest BCUT2D eigenvalue weighted by atomic mass is 19.1. The van der Waals surface area contributed by atoms with Crippen LogP contribution in [0.25, 0.3) is 5.69 Å². The molecule has 1 N–H and O–H groups in total. The molecule has 0 spiro atoms. The summed E-state index contributed by atoms with van der Waals surface area (Å²) in [6.45, 7) is 2.13. The Balaban J connectivity index is 1.35. The van der Waals surface area contributed by atoms with E-state index < -0.39 is 0 Å². The fraction of sp³-hybridized carbons (Fsp3) is 0.238. The molecule has 6 heteroatoms. The van der Waals surface area contributed by atoms with Gasteiger partial charge in [0.15, 0.2) is 0 Å². The van der Waals surface area contributed by atoms with Gasteiger partial charge in [-0.05, 0) is 48.7 Å². The first-order valence-electron chi connectivity index (χ1n) is 9.08. The van der Waals surface area contributed by atoms with Gasteiger partial charge in [0.2, 0.25) is 0 Å². The number of rotatable bonds is 5. The monoisotopic (exact) mass is 364 g/mol. The van der Waals surface area contributed by atoms with Crippen molar-refractivity contribution in [1.29, 1.82) is 0 Å². The molecule has 27 heavy (non-hydrogen) atoms. The van der Waals surface area contributed by atoms with Crippen LogP contribution in [0.1, 0.15) is 16.8 Å². The van der Waals surface area contributed by atoms with E-state index >= 15 is 0 Å². The zero-order valence-corrected chi connectivity index (χ0v) is 14.9. The molecule has 0 bridgehead atoms. The van der Waals surface area contributed by atoms with Crippen molar-refractivity contribution in [2.24, 2.45) is 5.92 Å². The van der Waals surface area contributed by atoms with Crippen LogP contribution in [0.4, 0.5) is 10.1 Å². The molecule has 0 saturated carbocycles. The molecule has 1 aliphatic rings. The van der Waals surface area contributed by atoms with E-state index in [-0.39, 0.29) is 11.7 Å². The van der Waals surface area contributed by atoms with Gasteiger partial charge in [0.25, 0.3) is 5.91 Å². The molecule has 0 radical (unpaired) electrons. The summed E-state index contributed by atoms with van der Waals surface area (Å²) in [6, 6.07) is 16.0. The number of aromatic nitrogens is 2. The average molecular weight is 364 g/mol. The van der Waals surface area contributed by atoms with Crippen LogP contribution in [0.15, 0.2) is 67.0 Å². The van der Waals surface area contributed by atoms with Crippen LogP contribution < -0.4 is 10.2 Å². The van der Waals surface area contributed by atoms with Crippen molar-refractivity contribution in [2.45, 2.75) is 6.42 Å². The molecular weight excluding hydrogens is 343 g/mol. The number of hydrogen-bond donors (Lipinski definition) is 1. The van der Waals surface area contributed by atoms with Crippen molar-refractivity contribution in [1.82, 2.24) is 15.1 Å². The van der Waals surface area contributed by atoms with Gasteiger partial charge in [-0.2, -0.15) is 5.10 Å². The van der Waals surface area contributed by atoms with E-state index in [1.807, 2.05) is 41.4 Å². The summed E-state index contributed by atoms with van der Waals surface area (Å²) >= 11 is 0. The molecule has 1 aromatic heterocycles. The Kier molecular flexibility index (Phi) is 4.87. The number of hydrogen-bond acceptors (Lipinski definition) is 3. The van der Waals surface area contributed by atoms with Crippen molar-refractivity contribution in [3.63, 3.8) is 0 Å². The topological polar surface area (TPSA) is 50.2 Å². The minimum absolute atomic E-state index is 0.103. The summed E-state index contributed by atoms with van der Waals surface area (Å²) in [7, 11) is 0. The number of halogens is 1. The van der Waals surface area contributed by atoms with Gasteiger partial charge >= 0.3 is 0 Å². The number of benzene rings is 2. The number of nitrogens with zero attached hydrogens (tertiary/aromatic N) is 3. The highest BCUT2D eigenvalue weighted by molar-refractivity contribution is 5.94. The Labute approximate surface area is 157 Å². The number of amides is 1. The van der Waals surface area contributed by atoms with Gasteiger partial charge in [0.1, 0.15) is 5.82 Å². The van der Waals surface area contributed by atoms with E-state index in [0.717, 1.165) is 25.2 Å². The Morgan fingerprint density at radius 3 is 2.89 bits per heavy atom. The van der Waals surface area contributed by atoms with Crippen molar-refractivity contribution >= 4 is 11.6 Å².